The zero-order chi connectivity index (χ0) is 10.7. The number of hydrogen-bond donors (Lipinski definition) is 1. The van der Waals surface area contributed by atoms with Gasteiger partial charge >= 0.3 is 5.97 Å². The number of aliphatic hydroxyl groups excluding tert-OH is 1. The SMILES string of the molecule is O=C(OCCCCO)[C@H]1C[C@H]2C=C[C@H]1C2. The molecular formula is C12H18O3. The number of fused-ring (bicyclic) bond motifs is 2. The summed E-state index contributed by atoms with van der Waals surface area (Å²) < 4.78 is 5.20. The lowest BCUT2D eigenvalue weighted by atomic mass is 9.94. The zero-order valence-electron chi connectivity index (χ0n) is 8.89. The minimum atomic E-state index is -0.0372. The van der Waals surface area contributed by atoms with E-state index in [1.807, 2.05) is 0 Å². The van der Waals surface area contributed by atoms with Crippen LogP contribution in [0.4, 0.5) is 0 Å². The average Bonchev–Trinajstić information content (AvgIpc) is 2.85. The van der Waals surface area contributed by atoms with E-state index in [9.17, 15) is 4.79 Å². The van der Waals surface area contributed by atoms with Crippen LogP contribution in [-0.4, -0.2) is 24.3 Å². The molecule has 2 rings (SSSR count). The molecule has 1 fully saturated rings. The number of rotatable bonds is 5. The number of hydrogen-bond acceptors (Lipinski definition) is 3. The Morgan fingerprint density at radius 1 is 1.33 bits per heavy atom. The first-order valence-electron chi connectivity index (χ1n) is 5.77. The molecule has 2 bridgehead atoms. The summed E-state index contributed by atoms with van der Waals surface area (Å²) in [4.78, 5) is 11.7. The van der Waals surface area contributed by atoms with Crippen LogP contribution in [0.3, 0.4) is 0 Å². The van der Waals surface area contributed by atoms with Gasteiger partial charge in [0.15, 0.2) is 0 Å². The van der Waals surface area contributed by atoms with Crippen LogP contribution in [-0.2, 0) is 9.53 Å². The number of esters is 1. The molecule has 3 heteroatoms. The third-order valence-electron chi connectivity index (χ3n) is 3.38. The Labute approximate surface area is 90.1 Å². The van der Waals surface area contributed by atoms with E-state index in [1.54, 1.807) is 0 Å². The predicted octanol–water partition coefficient (Wildman–Crippen LogP) is 1.51. The summed E-state index contributed by atoms with van der Waals surface area (Å²) in [7, 11) is 0. The summed E-state index contributed by atoms with van der Waals surface area (Å²) in [5, 5.41) is 8.58. The fourth-order valence-electron chi connectivity index (χ4n) is 2.55. The minimum absolute atomic E-state index is 0.0372. The van der Waals surface area contributed by atoms with Crippen LogP contribution in [0.1, 0.15) is 25.7 Å². The number of aliphatic hydroxyl groups is 1. The van der Waals surface area contributed by atoms with Crippen molar-refractivity contribution in [3.05, 3.63) is 12.2 Å². The molecule has 0 aromatic heterocycles. The highest BCUT2D eigenvalue weighted by atomic mass is 16.5. The van der Waals surface area contributed by atoms with Crippen LogP contribution in [0.5, 0.6) is 0 Å². The van der Waals surface area contributed by atoms with Crippen molar-refractivity contribution in [1.29, 1.82) is 0 Å². The van der Waals surface area contributed by atoms with E-state index < -0.39 is 0 Å². The van der Waals surface area contributed by atoms with Crippen molar-refractivity contribution in [3.63, 3.8) is 0 Å². The van der Waals surface area contributed by atoms with Gasteiger partial charge in [0.05, 0.1) is 12.5 Å². The number of carbonyl (C=O) groups excluding carboxylic acids is 1. The zero-order valence-corrected chi connectivity index (χ0v) is 8.89. The second kappa shape index (κ2) is 4.79. The third-order valence-corrected chi connectivity index (χ3v) is 3.38. The Bertz CT molecular complexity index is 260. The van der Waals surface area contributed by atoms with Gasteiger partial charge < -0.3 is 9.84 Å². The van der Waals surface area contributed by atoms with Crippen molar-refractivity contribution in [1.82, 2.24) is 0 Å². The monoisotopic (exact) mass is 210 g/mol. The maximum Gasteiger partial charge on any atom is 0.309 e. The molecule has 3 atom stereocenters. The first kappa shape index (κ1) is 10.7. The minimum Gasteiger partial charge on any atom is -0.465 e. The molecule has 1 saturated carbocycles. The van der Waals surface area contributed by atoms with E-state index >= 15 is 0 Å². The molecule has 15 heavy (non-hydrogen) atoms. The fourth-order valence-corrected chi connectivity index (χ4v) is 2.55. The van der Waals surface area contributed by atoms with E-state index in [2.05, 4.69) is 12.2 Å². The number of allylic oxidation sites excluding steroid dienone is 2. The second-order valence-corrected chi connectivity index (χ2v) is 4.48. The molecule has 84 valence electrons. The smallest absolute Gasteiger partial charge is 0.309 e. The molecule has 0 spiro atoms. The van der Waals surface area contributed by atoms with Gasteiger partial charge in [0, 0.05) is 6.61 Å². The van der Waals surface area contributed by atoms with E-state index in [4.69, 9.17) is 9.84 Å². The van der Waals surface area contributed by atoms with Gasteiger partial charge in [0.25, 0.3) is 0 Å². The van der Waals surface area contributed by atoms with Gasteiger partial charge in [-0.3, -0.25) is 4.79 Å². The molecule has 0 heterocycles. The quantitative estimate of drug-likeness (QED) is 0.425. The maximum absolute atomic E-state index is 11.7. The van der Waals surface area contributed by atoms with E-state index in [0.717, 1.165) is 19.3 Å². The molecule has 0 amide bonds. The molecular weight excluding hydrogens is 192 g/mol. The Kier molecular flexibility index (Phi) is 3.41. The predicted molar refractivity (Wildman–Crippen MR) is 56.1 cm³/mol. The van der Waals surface area contributed by atoms with Gasteiger partial charge in [-0.25, -0.2) is 0 Å². The Morgan fingerprint density at radius 3 is 2.80 bits per heavy atom. The second-order valence-electron chi connectivity index (χ2n) is 4.48. The third kappa shape index (κ3) is 2.40. The lowest BCUT2D eigenvalue weighted by Crippen LogP contribution is -2.22. The van der Waals surface area contributed by atoms with Gasteiger partial charge in [-0.2, -0.15) is 0 Å². The first-order valence-corrected chi connectivity index (χ1v) is 5.77. The molecule has 0 aliphatic heterocycles. The van der Waals surface area contributed by atoms with Gasteiger partial charge in [0.2, 0.25) is 0 Å². The van der Waals surface area contributed by atoms with Crippen LogP contribution >= 0.6 is 0 Å². The molecule has 0 aromatic rings. The van der Waals surface area contributed by atoms with Gasteiger partial charge in [-0.1, -0.05) is 12.2 Å². The number of carbonyl (C=O) groups is 1. The van der Waals surface area contributed by atoms with Crippen LogP contribution in [0.25, 0.3) is 0 Å². The summed E-state index contributed by atoms with van der Waals surface area (Å²) in [5.74, 6) is 1.12. The van der Waals surface area contributed by atoms with Gasteiger partial charge in [-0.05, 0) is 37.5 Å². The maximum atomic E-state index is 11.7. The molecule has 2 aliphatic carbocycles. The van der Waals surface area contributed by atoms with E-state index in [0.29, 0.717) is 24.9 Å². The fraction of sp³-hybridized carbons (Fsp3) is 0.750. The molecule has 0 aromatic carbocycles. The molecule has 0 saturated heterocycles. The summed E-state index contributed by atoms with van der Waals surface area (Å²) in [5.41, 5.74) is 0. The Morgan fingerprint density at radius 2 is 2.20 bits per heavy atom. The summed E-state index contributed by atoms with van der Waals surface area (Å²) >= 11 is 0. The van der Waals surface area contributed by atoms with Crippen molar-refractivity contribution >= 4 is 5.97 Å². The van der Waals surface area contributed by atoms with Gasteiger partial charge in [-0.15, -0.1) is 0 Å². The van der Waals surface area contributed by atoms with Crippen LogP contribution in [0.15, 0.2) is 12.2 Å². The van der Waals surface area contributed by atoms with Crippen LogP contribution < -0.4 is 0 Å². The average molecular weight is 210 g/mol. The lowest BCUT2D eigenvalue weighted by Gasteiger charge is -2.16. The highest BCUT2D eigenvalue weighted by Gasteiger charge is 2.40. The number of unbranched alkanes of at least 4 members (excludes halogenated alkanes) is 1. The normalized spacial score (nSPS) is 32.2. The lowest BCUT2D eigenvalue weighted by molar-refractivity contribution is -0.149. The Balaban J connectivity index is 1.70. The summed E-state index contributed by atoms with van der Waals surface area (Å²) in [6, 6.07) is 0. The summed E-state index contributed by atoms with van der Waals surface area (Å²) in [6.45, 7) is 0.630. The van der Waals surface area contributed by atoms with Gasteiger partial charge in [0.1, 0.15) is 0 Å². The van der Waals surface area contributed by atoms with E-state index in [-0.39, 0.29) is 18.5 Å². The number of ether oxygens (including phenoxy) is 1. The topological polar surface area (TPSA) is 46.5 Å². The first-order chi connectivity index (χ1) is 7.31. The molecule has 2 aliphatic rings. The molecule has 1 N–H and O–H groups in total. The Hall–Kier alpha value is -0.830. The van der Waals surface area contributed by atoms with Crippen molar-refractivity contribution in [2.24, 2.45) is 17.8 Å². The largest absolute Gasteiger partial charge is 0.465 e. The summed E-state index contributed by atoms with van der Waals surface area (Å²) in [6.07, 6.45) is 7.97. The van der Waals surface area contributed by atoms with Crippen molar-refractivity contribution in [2.75, 3.05) is 13.2 Å². The van der Waals surface area contributed by atoms with Crippen LogP contribution in [0.2, 0.25) is 0 Å². The van der Waals surface area contributed by atoms with Crippen LogP contribution in [0, 0.1) is 17.8 Å². The van der Waals surface area contributed by atoms with Crippen molar-refractivity contribution < 1.29 is 14.6 Å². The highest BCUT2D eigenvalue weighted by molar-refractivity contribution is 5.74. The highest BCUT2D eigenvalue weighted by Crippen LogP contribution is 2.43. The van der Waals surface area contributed by atoms with Crippen molar-refractivity contribution in [2.45, 2.75) is 25.7 Å². The van der Waals surface area contributed by atoms with E-state index in [1.165, 1.54) is 0 Å². The molecule has 0 unspecified atom stereocenters. The molecule has 0 radical (unpaired) electrons. The van der Waals surface area contributed by atoms with Crippen molar-refractivity contribution in [3.8, 4) is 0 Å². The standard InChI is InChI=1S/C12H18O3/c13-5-1-2-6-15-12(14)11-8-9-3-4-10(11)7-9/h3-4,9-11,13H,1-2,5-8H2/t9-,10-,11-/m0/s1. The molecule has 3 nitrogen and oxygen atoms in total.